The molecule has 2 heteroatoms. The van der Waals surface area contributed by atoms with Crippen molar-refractivity contribution in [2.24, 2.45) is 11.8 Å². The molecule has 2 N–H and O–H groups in total. The predicted molar refractivity (Wildman–Crippen MR) is 66.3 cm³/mol. The van der Waals surface area contributed by atoms with Crippen LogP contribution in [0.1, 0.15) is 31.7 Å². The second kappa shape index (κ2) is 5.35. The molecule has 1 fully saturated rings. The Labute approximate surface area is 97.7 Å². The van der Waals surface area contributed by atoms with Gasteiger partial charge in [0, 0.05) is 6.54 Å². The molecule has 1 aliphatic rings. The Balaban J connectivity index is 1.72. The monoisotopic (exact) mass is 219 g/mol. The van der Waals surface area contributed by atoms with E-state index < -0.39 is 0 Å². The van der Waals surface area contributed by atoms with Crippen LogP contribution in [0.4, 0.5) is 0 Å². The van der Waals surface area contributed by atoms with Gasteiger partial charge in [0.15, 0.2) is 0 Å². The Hall–Kier alpha value is -1.02. The summed E-state index contributed by atoms with van der Waals surface area (Å²) in [4.78, 5) is 0. The molecule has 0 spiro atoms. The van der Waals surface area contributed by atoms with Crippen molar-refractivity contribution >= 4 is 0 Å². The van der Waals surface area contributed by atoms with E-state index in [0.717, 1.165) is 30.5 Å². The van der Waals surface area contributed by atoms with Gasteiger partial charge in [-0.15, -0.1) is 0 Å². The van der Waals surface area contributed by atoms with Crippen LogP contribution in [0, 0.1) is 11.8 Å². The van der Waals surface area contributed by atoms with Crippen molar-refractivity contribution in [2.45, 2.75) is 32.7 Å². The normalized spacial score (nSPS) is 24.8. The van der Waals surface area contributed by atoms with Crippen molar-refractivity contribution in [3.63, 3.8) is 0 Å². The lowest BCUT2D eigenvalue weighted by Gasteiger charge is -2.11. The number of rotatable bonds is 4. The molecule has 2 nitrogen and oxygen atoms in total. The first kappa shape index (κ1) is 11.5. The summed E-state index contributed by atoms with van der Waals surface area (Å²) in [6, 6.07) is 7.47. The van der Waals surface area contributed by atoms with Gasteiger partial charge in [-0.2, -0.15) is 0 Å². The molecule has 0 saturated heterocycles. The lowest BCUT2D eigenvalue weighted by molar-refractivity contribution is 0.465. The maximum Gasteiger partial charge on any atom is 0.115 e. The Bertz CT molecular complexity index is 337. The number of phenolic OH excluding ortho intramolecular Hbond substituents is 1. The van der Waals surface area contributed by atoms with E-state index in [2.05, 4.69) is 12.2 Å². The van der Waals surface area contributed by atoms with E-state index in [1.54, 1.807) is 6.07 Å². The van der Waals surface area contributed by atoms with Crippen LogP contribution >= 0.6 is 0 Å². The predicted octanol–water partition coefficient (Wildman–Crippen LogP) is 2.92. The van der Waals surface area contributed by atoms with Crippen molar-refractivity contribution in [2.75, 3.05) is 6.54 Å². The highest BCUT2D eigenvalue weighted by Gasteiger charge is 2.20. The first-order chi connectivity index (χ1) is 7.74. The minimum absolute atomic E-state index is 0.355. The molecule has 88 valence electrons. The number of hydrogen-bond donors (Lipinski definition) is 2. The lowest BCUT2D eigenvalue weighted by atomic mass is 10.1. The van der Waals surface area contributed by atoms with Crippen LogP contribution in [0.3, 0.4) is 0 Å². The highest BCUT2D eigenvalue weighted by molar-refractivity contribution is 5.26. The van der Waals surface area contributed by atoms with Gasteiger partial charge in [0.2, 0.25) is 0 Å². The van der Waals surface area contributed by atoms with E-state index in [4.69, 9.17) is 0 Å². The third kappa shape index (κ3) is 3.24. The maximum absolute atomic E-state index is 9.33. The maximum atomic E-state index is 9.33. The molecule has 1 aromatic rings. The highest BCUT2D eigenvalue weighted by Crippen LogP contribution is 2.29. The van der Waals surface area contributed by atoms with Gasteiger partial charge < -0.3 is 10.4 Å². The minimum Gasteiger partial charge on any atom is -0.508 e. The summed E-state index contributed by atoms with van der Waals surface area (Å²) in [5, 5.41) is 12.8. The first-order valence-corrected chi connectivity index (χ1v) is 6.22. The second-order valence-electron chi connectivity index (χ2n) is 5.09. The van der Waals surface area contributed by atoms with E-state index >= 15 is 0 Å². The smallest absolute Gasteiger partial charge is 0.115 e. The standard InChI is InChI=1S/C14H21NO/c1-11-5-6-13(7-11)10-15-9-12-3-2-4-14(16)8-12/h2-4,8,11,13,15-16H,5-7,9-10H2,1H3. The summed E-state index contributed by atoms with van der Waals surface area (Å²) in [7, 11) is 0. The highest BCUT2D eigenvalue weighted by atomic mass is 16.3. The molecule has 2 atom stereocenters. The Morgan fingerprint density at radius 1 is 1.38 bits per heavy atom. The molecule has 0 heterocycles. The molecule has 2 unspecified atom stereocenters. The van der Waals surface area contributed by atoms with Gasteiger partial charge in [0.25, 0.3) is 0 Å². The largest absolute Gasteiger partial charge is 0.508 e. The third-order valence-corrected chi connectivity index (χ3v) is 3.48. The molecule has 0 radical (unpaired) electrons. The van der Waals surface area contributed by atoms with E-state index in [9.17, 15) is 5.11 Å². The molecule has 2 rings (SSSR count). The van der Waals surface area contributed by atoms with Crippen molar-refractivity contribution in [1.82, 2.24) is 5.32 Å². The summed E-state index contributed by atoms with van der Waals surface area (Å²) >= 11 is 0. The zero-order valence-electron chi connectivity index (χ0n) is 9.95. The van der Waals surface area contributed by atoms with E-state index in [-0.39, 0.29) is 0 Å². The van der Waals surface area contributed by atoms with Crippen molar-refractivity contribution in [3.05, 3.63) is 29.8 Å². The molecular formula is C14H21NO. The fraction of sp³-hybridized carbons (Fsp3) is 0.571. The zero-order valence-corrected chi connectivity index (χ0v) is 9.95. The molecule has 0 bridgehead atoms. The van der Waals surface area contributed by atoms with Gasteiger partial charge in [0.1, 0.15) is 5.75 Å². The van der Waals surface area contributed by atoms with Crippen LogP contribution in [-0.2, 0) is 6.54 Å². The van der Waals surface area contributed by atoms with Gasteiger partial charge in [0.05, 0.1) is 0 Å². The minimum atomic E-state index is 0.355. The number of benzene rings is 1. The first-order valence-electron chi connectivity index (χ1n) is 6.22. The number of aromatic hydroxyl groups is 1. The van der Waals surface area contributed by atoms with Crippen LogP contribution < -0.4 is 5.32 Å². The van der Waals surface area contributed by atoms with E-state index in [1.807, 2.05) is 18.2 Å². The van der Waals surface area contributed by atoms with Crippen LogP contribution in [0.2, 0.25) is 0 Å². The second-order valence-corrected chi connectivity index (χ2v) is 5.09. The zero-order chi connectivity index (χ0) is 11.4. The lowest BCUT2D eigenvalue weighted by Crippen LogP contribution is -2.20. The van der Waals surface area contributed by atoms with E-state index in [0.29, 0.717) is 5.75 Å². The fourth-order valence-electron chi connectivity index (χ4n) is 2.60. The van der Waals surface area contributed by atoms with Gasteiger partial charge in [-0.25, -0.2) is 0 Å². The van der Waals surface area contributed by atoms with Gasteiger partial charge in [-0.1, -0.05) is 25.5 Å². The van der Waals surface area contributed by atoms with E-state index in [1.165, 1.54) is 19.3 Å². The van der Waals surface area contributed by atoms with Gasteiger partial charge >= 0.3 is 0 Å². The van der Waals surface area contributed by atoms with Crippen LogP contribution in [0.25, 0.3) is 0 Å². The Morgan fingerprint density at radius 3 is 2.94 bits per heavy atom. The average molecular weight is 219 g/mol. The number of hydrogen-bond acceptors (Lipinski definition) is 2. The summed E-state index contributed by atoms with van der Waals surface area (Å²) in [5.41, 5.74) is 1.16. The number of phenols is 1. The molecule has 1 saturated carbocycles. The van der Waals surface area contributed by atoms with Crippen LogP contribution in [-0.4, -0.2) is 11.7 Å². The third-order valence-electron chi connectivity index (χ3n) is 3.48. The van der Waals surface area contributed by atoms with Crippen LogP contribution in [0.15, 0.2) is 24.3 Å². The van der Waals surface area contributed by atoms with Crippen molar-refractivity contribution in [3.8, 4) is 5.75 Å². The molecular weight excluding hydrogens is 198 g/mol. The molecule has 1 aromatic carbocycles. The molecule has 0 aliphatic heterocycles. The topological polar surface area (TPSA) is 32.3 Å². The van der Waals surface area contributed by atoms with Gasteiger partial charge in [-0.05, 0) is 48.9 Å². The summed E-state index contributed by atoms with van der Waals surface area (Å²) < 4.78 is 0. The summed E-state index contributed by atoms with van der Waals surface area (Å²) in [6.45, 7) is 4.31. The SMILES string of the molecule is CC1CCC(CNCc2cccc(O)c2)C1. The average Bonchev–Trinajstić information content (AvgIpc) is 2.64. The number of nitrogens with one attached hydrogen (secondary N) is 1. The Kier molecular flexibility index (Phi) is 3.83. The van der Waals surface area contributed by atoms with Crippen molar-refractivity contribution in [1.29, 1.82) is 0 Å². The molecule has 0 amide bonds. The molecule has 16 heavy (non-hydrogen) atoms. The van der Waals surface area contributed by atoms with Gasteiger partial charge in [-0.3, -0.25) is 0 Å². The summed E-state index contributed by atoms with van der Waals surface area (Å²) in [5.74, 6) is 2.12. The fourth-order valence-corrected chi connectivity index (χ4v) is 2.60. The quantitative estimate of drug-likeness (QED) is 0.816. The molecule has 1 aliphatic carbocycles. The molecule has 0 aromatic heterocycles. The van der Waals surface area contributed by atoms with Crippen molar-refractivity contribution < 1.29 is 5.11 Å². The summed E-state index contributed by atoms with van der Waals surface area (Å²) in [6.07, 6.45) is 4.12. The Morgan fingerprint density at radius 2 is 2.25 bits per heavy atom. The van der Waals surface area contributed by atoms with Crippen LogP contribution in [0.5, 0.6) is 5.75 Å².